The van der Waals surface area contributed by atoms with Crippen LogP contribution in [-0.2, 0) is 47.8 Å². The maximum atomic E-state index is 14.7. The maximum absolute atomic E-state index is 14.7. The fourth-order valence-corrected chi connectivity index (χ4v) is 14.1. The minimum absolute atomic E-state index is 0.00802. The minimum atomic E-state index is -1.20. The molecule has 0 saturated carbocycles. The van der Waals surface area contributed by atoms with Gasteiger partial charge in [0.2, 0.25) is 35.4 Å². The van der Waals surface area contributed by atoms with Gasteiger partial charge < -0.3 is 75.4 Å². The first-order valence-corrected chi connectivity index (χ1v) is 44.3. The van der Waals surface area contributed by atoms with Gasteiger partial charge in [0.1, 0.15) is 49.0 Å². The maximum Gasteiger partial charge on any atom is 0.315 e. The van der Waals surface area contributed by atoms with E-state index in [9.17, 15) is 43.2 Å². The van der Waals surface area contributed by atoms with Crippen LogP contribution in [0.5, 0.6) is 0 Å². The van der Waals surface area contributed by atoms with E-state index in [1.165, 1.54) is 179 Å². The number of hydrogen-bond acceptors (Lipinski definition) is 16. The van der Waals surface area contributed by atoms with Gasteiger partial charge in [0.15, 0.2) is 0 Å². The molecule has 0 aliphatic rings. The molecule has 0 aromatic heterocycles. The van der Waals surface area contributed by atoms with Gasteiger partial charge in [0.25, 0.3) is 0 Å². The molecule has 0 spiro atoms. The molecule has 1 unspecified atom stereocenters. The molecule has 17 N–H and O–H groups in total. The van der Waals surface area contributed by atoms with E-state index >= 15 is 0 Å². The zero-order valence-electron chi connectivity index (χ0n) is 67.7. The first-order valence-electron chi connectivity index (χ1n) is 43.1. The van der Waals surface area contributed by atoms with E-state index in [-0.39, 0.29) is 69.0 Å². The Labute approximate surface area is 648 Å². The SMILES string of the molecule is CCCCCCCCCCCCCCCC(=O)OCC(CSC[C@H](NC(=O)NCCCCCCCCCCCCCC)C(=O)N[C@@H](CCC)C(=O)N[C@@H](CCCCN)C(=O)N[C@@H](CCCCN)C(=O)N[C@@H](CCCCN)C(=O)N[C@@H](CCCCN)C(N)=O)OC(=O)CCCCCCCCCCCCCCC. The molecule has 23 nitrogen and oxygen atoms in total. The lowest BCUT2D eigenvalue weighted by Crippen LogP contribution is -2.60. The number of amides is 8. The molecule has 0 aromatic rings. The van der Waals surface area contributed by atoms with Gasteiger partial charge in [0, 0.05) is 30.9 Å². The third-order valence-corrected chi connectivity index (χ3v) is 21.0. The summed E-state index contributed by atoms with van der Waals surface area (Å²) in [6.45, 7) is 10.1. The molecular weight excluding hydrogens is 1360 g/mol. The third-order valence-electron chi connectivity index (χ3n) is 19.8. The van der Waals surface area contributed by atoms with Crippen molar-refractivity contribution in [1.29, 1.82) is 0 Å². The summed E-state index contributed by atoms with van der Waals surface area (Å²) >= 11 is 1.25. The molecule has 0 heterocycles. The van der Waals surface area contributed by atoms with Crippen LogP contribution in [0.4, 0.5) is 4.79 Å². The first-order chi connectivity index (χ1) is 51.5. The topological polar surface area (TPSA) is 386 Å². The standard InChI is InChI=1S/C82H160N12O11S/c1-5-9-12-15-18-21-24-27-29-32-35-38-41-57-74(95)104-64-67(105-75(96)58-42-39-36-33-30-28-25-22-19-16-13-10-6-2)65-106-66-73(94-82(103)88-63-51-40-37-34-31-26-23-20-17-14-11-7-3)81(102)90-69(52-8-4)77(98)91-71(55-45-49-61-85)79(100)93-72(56-46-50-62-86)80(101)92-70(54-44-48-60-84)78(99)89-68(76(87)97)53-43-47-59-83/h67-73H,5-66,83-86H2,1-4H3,(H2,87,97)(H,89,99)(H,90,102)(H,91,98)(H,92,101)(H,93,100)(H2,88,94,103)/t67?,68-,69-,70-,71-,72-,73-/m0/s1. The largest absolute Gasteiger partial charge is 0.462 e. The Morgan fingerprint density at radius 2 is 0.594 bits per heavy atom. The molecule has 0 fully saturated rings. The van der Waals surface area contributed by atoms with E-state index < -0.39 is 89.8 Å². The van der Waals surface area contributed by atoms with Crippen LogP contribution in [0.1, 0.15) is 374 Å². The fraction of sp³-hybridized carbons (Fsp3) is 0.890. The number of carbonyl (C=O) groups excluding carboxylic acids is 9. The molecule has 8 amide bonds. The highest BCUT2D eigenvalue weighted by Gasteiger charge is 2.34. The molecule has 106 heavy (non-hydrogen) atoms. The van der Waals surface area contributed by atoms with Crippen LogP contribution < -0.4 is 65.9 Å². The van der Waals surface area contributed by atoms with Crippen LogP contribution in [0.25, 0.3) is 0 Å². The highest BCUT2D eigenvalue weighted by Crippen LogP contribution is 2.19. The number of hydrogen-bond donors (Lipinski definition) is 12. The number of nitrogens with two attached hydrogens (primary N) is 5. The Bertz CT molecular complexity index is 2190. The number of thioether (sulfide) groups is 1. The molecule has 0 bridgehead atoms. The van der Waals surface area contributed by atoms with E-state index in [1.54, 1.807) is 0 Å². The molecule has 0 aliphatic carbocycles. The van der Waals surface area contributed by atoms with Gasteiger partial charge in [-0.25, -0.2) is 4.79 Å². The average molecular weight is 1520 g/mol. The van der Waals surface area contributed by atoms with Crippen LogP contribution in [0.15, 0.2) is 0 Å². The van der Waals surface area contributed by atoms with Crippen molar-refractivity contribution in [3.63, 3.8) is 0 Å². The molecular formula is C82H160N12O11S. The number of nitrogens with one attached hydrogen (secondary N) is 7. The number of ether oxygens (including phenoxy) is 2. The van der Waals surface area contributed by atoms with Crippen molar-refractivity contribution in [2.24, 2.45) is 28.7 Å². The summed E-state index contributed by atoms with van der Waals surface area (Å²) in [7, 11) is 0. The second kappa shape index (κ2) is 74.3. The van der Waals surface area contributed by atoms with E-state index in [2.05, 4.69) is 58.0 Å². The number of esters is 2. The predicted molar refractivity (Wildman–Crippen MR) is 436 cm³/mol. The Hall–Kier alpha value is -4.78. The van der Waals surface area contributed by atoms with Gasteiger partial charge in [-0.2, -0.15) is 11.8 Å². The van der Waals surface area contributed by atoms with E-state index in [1.807, 2.05) is 6.92 Å². The van der Waals surface area contributed by atoms with Gasteiger partial charge >= 0.3 is 18.0 Å². The van der Waals surface area contributed by atoms with E-state index in [4.69, 9.17) is 38.1 Å². The highest BCUT2D eigenvalue weighted by atomic mass is 32.2. The zero-order valence-corrected chi connectivity index (χ0v) is 68.5. The van der Waals surface area contributed by atoms with Crippen molar-refractivity contribution in [3.05, 3.63) is 0 Å². The molecule has 7 atom stereocenters. The summed E-state index contributed by atoms with van der Waals surface area (Å²) in [5, 5.41) is 19.9. The van der Waals surface area contributed by atoms with Crippen molar-refractivity contribution in [2.45, 2.75) is 417 Å². The van der Waals surface area contributed by atoms with Gasteiger partial charge in [0.05, 0.1) is 0 Å². The lowest BCUT2D eigenvalue weighted by molar-refractivity contribution is -0.157. The molecule has 0 aliphatic heterocycles. The number of urea groups is 1. The predicted octanol–water partition coefficient (Wildman–Crippen LogP) is 13.7. The summed E-state index contributed by atoms with van der Waals surface area (Å²) in [4.78, 5) is 125. The second-order valence-corrected chi connectivity index (χ2v) is 30.9. The Balaban J connectivity index is 6.71. The Morgan fingerprint density at radius 1 is 0.302 bits per heavy atom. The summed E-state index contributed by atoms with van der Waals surface area (Å²) < 4.78 is 11.8. The van der Waals surface area contributed by atoms with Gasteiger partial charge in [-0.15, -0.1) is 0 Å². The number of carbonyl (C=O) groups is 9. The van der Waals surface area contributed by atoms with Gasteiger partial charge in [-0.1, -0.05) is 259 Å². The Kier molecular flexibility index (Phi) is 71.0. The molecule has 0 rings (SSSR count). The summed E-state index contributed by atoms with van der Waals surface area (Å²) in [5.74, 6) is -4.65. The molecule has 0 radical (unpaired) electrons. The van der Waals surface area contributed by atoms with Crippen LogP contribution in [-0.4, -0.2) is 147 Å². The fourth-order valence-electron chi connectivity index (χ4n) is 13.1. The lowest BCUT2D eigenvalue weighted by Gasteiger charge is -2.28. The van der Waals surface area contributed by atoms with E-state index in [0.29, 0.717) is 103 Å². The summed E-state index contributed by atoms with van der Waals surface area (Å²) in [6, 6.07) is -7.43. The average Bonchev–Trinajstić information content (AvgIpc) is 0.863. The number of unbranched alkanes of at least 4 members (excludes halogenated alkanes) is 39. The van der Waals surface area contributed by atoms with Crippen molar-refractivity contribution >= 4 is 65.2 Å². The smallest absolute Gasteiger partial charge is 0.315 e. The van der Waals surface area contributed by atoms with Crippen LogP contribution in [0.3, 0.4) is 0 Å². The van der Waals surface area contributed by atoms with Crippen molar-refractivity contribution in [3.8, 4) is 0 Å². The number of primary amides is 1. The van der Waals surface area contributed by atoms with Crippen molar-refractivity contribution in [1.82, 2.24) is 37.2 Å². The molecule has 620 valence electrons. The van der Waals surface area contributed by atoms with Crippen LogP contribution in [0, 0.1) is 0 Å². The normalized spacial score (nSPS) is 13.3. The quantitative estimate of drug-likeness (QED) is 0.0199. The van der Waals surface area contributed by atoms with Gasteiger partial charge in [-0.05, 0) is 129 Å². The van der Waals surface area contributed by atoms with Crippen molar-refractivity contribution < 1.29 is 52.6 Å². The first kappa shape index (κ1) is 101. The Morgan fingerprint density at radius 3 is 0.925 bits per heavy atom. The van der Waals surface area contributed by atoms with Crippen LogP contribution in [0.2, 0.25) is 0 Å². The molecule has 0 saturated heterocycles. The number of rotatable bonds is 78. The van der Waals surface area contributed by atoms with Crippen LogP contribution >= 0.6 is 11.8 Å². The summed E-state index contributed by atoms with van der Waals surface area (Å²) in [6.07, 6.45) is 49.6. The van der Waals surface area contributed by atoms with Crippen molar-refractivity contribution in [2.75, 3.05) is 50.8 Å². The van der Waals surface area contributed by atoms with E-state index in [0.717, 1.165) is 64.2 Å². The third kappa shape index (κ3) is 60.1. The minimum Gasteiger partial charge on any atom is -0.462 e. The summed E-state index contributed by atoms with van der Waals surface area (Å²) in [5.41, 5.74) is 28.9. The molecule has 24 heteroatoms. The zero-order chi connectivity index (χ0) is 78.1. The monoisotopic (exact) mass is 1520 g/mol. The van der Waals surface area contributed by atoms with Gasteiger partial charge in [-0.3, -0.25) is 38.4 Å². The lowest BCUT2D eigenvalue weighted by atomic mass is 10.0. The second-order valence-electron chi connectivity index (χ2n) is 29.8. The molecule has 0 aromatic carbocycles. The highest BCUT2D eigenvalue weighted by molar-refractivity contribution is 7.99.